The maximum Gasteiger partial charge on any atom is 0.271 e. The van der Waals surface area contributed by atoms with Gasteiger partial charge in [0.2, 0.25) is 5.88 Å². The number of pyridine rings is 1. The van der Waals surface area contributed by atoms with Crippen LogP contribution in [0.25, 0.3) is 0 Å². The highest BCUT2D eigenvalue weighted by atomic mass is 35.5. The number of para-hydroxylation sites is 1. The molecule has 3 aromatic rings. The Morgan fingerprint density at radius 2 is 2.04 bits per heavy atom. The maximum atomic E-state index is 12.3. The predicted octanol–water partition coefficient (Wildman–Crippen LogP) is 3.97. The van der Waals surface area contributed by atoms with Crippen molar-refractivity contribution in [2.75, 3.05) is 6.26 Å². The summed E-state index contributed by atoms with van der Waals surface area (Å²) >= 11 is 7.36. The van der Waals surface area contributed by atoms with Gasteiger partial charge in [0.05, 0.1) is 11.2 Å². The van der Waals surface area contributed by atoms with Crippen LogP contribution in [0.15, 0.2) is 60.0 Å². The Balaban J connectivity index is 1.66. The third kappa shape index (κ3) is 4.71. The average Bonchev–Trinajstić information content (AvgIpc) is 2.67. The molecule has 0 spiro atoms. The van der Waals surface area contributed by atoms with Crippen molar-refractivity contribution in [3.05, 3.63) is 71.1 Å². The normalized spacial score (nSPS) is 10.4. The third-order valence-electron chi connectivity index (χ3n) is 3.34. The highest BCUT2D eigenvalue weighted by Crippen LogP contribution is 2.20. The van der Waals surface area contributed by atoms with Crippen molar-refractivity contribution < 1.29 is 9.53 Å². The fourth-order valence-electron chi connectivity index (χ4n) is 2.10. The van der Waals surface area contributed by atoms with Crippen LogP contribution < -0.4 is 10.1 Å². The summed E-state index contributed by atoms with van der Waals surface area (Å²) in [5, 5.41) is 3.49. The number of carbonyl (C=O) groups excluding carboxylic acids is 1. The van der Waals surface area contributed by atoms with Crippen molar-refractivity contribution in [2.45, 2.75) is 11.7 Å². The standard InChI is InChI=1S/C18H15ClN4O2S/c1-26-18-22-11-14(19)16(23-18)17(24)21-10-12-7-8-20-15(9-12)25-13-5-3-2-4-6-13/h2-9,11H,10H2,1H3,(H,21,24). The van der Waals surface area contributed by atoms with E-state index < -0.39 is 0 Å². The van der Waals surface area contributed by atoms with Gasteiger partial charge in [-0.2, -0.15) is 0 Å². The first-order chi connectivity index (χ1) is 12.7. The molecule has 6 nitrogen and oxygen atoms in total. The van der Waals surface area contributed by atoms with Crippen LogP contribution in [0, 0.1) is 0 Å². The van der Waals surface area contributed by atoms with E-state index in [0.29, 0.717) is 23.3 Å². The lowest BCUT2D eigenvalue weighted by Crippen LogP contribution is -2.24. The summed E-state index contributed by atoms with van der Waals surface area (Å²) in [6.45, 7) is 0.293. The maximum absolute atomic E-state index is 12.3. The van der Waals surface area contributed by atoms with Crippen LogP contribution in [-0.4, -0.2) is 27.1 Å². The Morgan fingerprint density at radius 3 is 2.81 bits per heavy atom. The number of ether oxygens (including phenoxy) is 1. The SMILES string of the molecule is CSc1ncc(Cl)c(C(=O)NCc2ccnc(Oc3ccccc3)c2)n1. The first kappa shape index (κ1) is 18.2. The van der Waals surface area contributed by atoms with Crippen molar-refractivity contribution in [3.8, 4) is 11.6 Å². The number of benzene rings is 1. The number of hydrogen-bond acceptors (Lipinski definition) is 6. The largest absolute Gasteiger partial charge is 0.439 e. The van der Waals surface area contributed by atoms with Gasteiger partial charge in [-0.1, -0.05) is 41.6 Å². The van der Waals surface area contributed by atoms with Crippen LogP contribution in [0.4, 0.5) is 0 Å². The van der Waals surface area contributed by atoms with Gasteiger partial charge in [0, 0.05) is 18.8 Å². The Labute approximate surface area is 160 Å². The smallest absolute Gasteiger partial charge is 0.271 e. The van der Waals surface area contributed by atoms with E-state index in [0.717, 1.165) is 5.56 Å². The second-order valence-corrected chi connectivity index (χ2v) is 6.33. The second-order valence-electron chi connectivity index (χ2n) is 5.15. The van der Waals surface area contributed by atoms with Gasteiger partial charge in [0.15, 0.2) is 10.9 Å². The zero-order chi connectivity index (χ0) is 18.4. The van der Waals surface area contributed by atoms with Crippen LogP contribution >= 0.6 is 23.4 Å². The van der Waals surface area contributed by atoms with Gasteiger partial charge in [-0.25, -0.2) is 15.0 Å². The van der Waals surface area contributed by atoms with Crippen molar-refractivity contribution in [2.24, 2.45) is 0 Å². The second kappa shape index (κ2) is 8.64. The van der Waals surface area contributed by atoms with Gasteiger partial charge in [0.1, 0.15) is 5.75 Å². The third-order valence-corrected chi connectivity index (χ3v) is 4.18. The minimum absolute atomic E-state index is 0.154. The predicted molar refractivity (Wildman–Crippen MR) is 101 cm³/mol. The quantitative estimate of drug-likeness (QED) is 0.510. The first-order valence-electron chi connectivity index (χ1n) is 7.68. The molecule has 0 saturated heterocycles. The van der Waals surface area contributed by atoms with Crippen LogP contribution in [-0.2, 0) is 6.54 Å². The fraction of sp³-hybridized carbons (Fsp3) is 0.111. The molecule has 26 heavy (non-hydrogen) atoms. The molecule has 8 heteroatoms. The molecular weight excluding hydrogens is 372 g/mol. The molecule has 2 heterocycles. The summed E-state index contributed by atoms with van der Waals surface area (Å²) < 4.78 is 5.69. The molecule has 0 fully saturated rings. The van der Waals surface area contributed by atoms with Gasteiger partial charge in [-0.15, -0.1) is 0 Å². The van der Waals surface area contributed by atoms with Crippen LogP contribution in [0.3, 0.4) is 0 Å². The Kier molecular flexibility index (Phi) is 6.04. The summed E-state index contributed by atoms with van der Waals surface area (Å²) in [5.74, 6) is 0.779. The number of carbonyl (C=O) groups is 1. The van der Waals surface area contributed by atoms with E-state index in [4.69, 9.17) is 16.3 Å². The van der Waals surface area contributed by atoms with Crippen molar-refractivity contribution >= 4 is 29.3 Å². The number of thioether (sulfide) groups is 1. The summed E-state index contributed by atoms with van der Waals surface area (Å²) in [6.07, 6.45) is 4.88. The average molecular weight is 387 g/mol. The zero-order valence-electron chi connectivity index (χ0n) is 13.8. The van der Waals surface area contributed by atoms with E-state index in [9.17, 15) is 4.79 Å². The molecule has 3 rings (SSSR count). The molecule has 1 amide bonds. The van der Waals surface area contributed by atoms with Gasteiger partial charge in [-0.3, -0.25) is 4.79 Å². The number of halogens is 1. The number of aromatic nitrogens is 3. The van der Waals surface area contributed by atoms with Crippen molar-refractivity contribution in [1.29, 1.82) is 0 Å². The molecule has 0 bridgehead atoms. The van der Waals surface area contributed by atoms with E-state index in [-0.39, 0.29) is 16.6 Å². The minimum Gasteiger partial charge on any atom is -0.439 e. The van der Waals surface area contributed by atoms with E-state index in [1.807, 2.05) is 36.6 Å². The summed E-state index contributed by atoms with van der Waals surface area (Å²) in [4.78, 5) is 24.7. The Hall–Kier alpha value is -2.64. The lowest BCUT2D eigenvalue weighted by atomic mass is 10.2. The van der Waals surface area contributed by atoms with Crippen molar-refractivity contribution in [3.63, 3.8) is 0 Å². The lowest BCUT2D eigenvalue weighted by Gasteiger charge is -2.09. The molecule has 2 aromatic heterocycles. The lowest BCUT2D eigenvalue weighted by molar-refractivity contribution is 0.0945. The van der Waals surface area contributed by atoms with Gasteiger partial charge < -0.3 is 10.1 Å². The molecule has 0 saturated carbocycles. The van der Waals surface area contributed by atoms with Crippen LogP contribution in [0.2, 0.25) is 5.02 Å². The van der Waals surface area contributed by atoms with Crippen LogP contribution in [0.1, 0.15) is 16.1 Å². The Bertz CT molecular complexity index is 909. The van der Waals surface area contributed by atoms with E-state index in [1.165, 1.54) is 18.0 Å². The molecule has 0 aliphatic carbocycles. The molecule has 0 aliphatic heterocycles. The fourth-order valence-corrected chi connectivity index (χ4v) is 2.62. The first-order valence-corrected chi connectivity index (χ1v) is 9.28. The number of hydrogen-bond donors (Lipinski definition) is 1. The molecule has 0 aliphatic rings. The molecular formula is C18H15ClN4O2S. The summed E-state index contributed by atoms with van der Waals surface area (Å²) in [5.41, 5.74) is 0.996. The molecule has 1 N–H and O–H groups in total. The molecule has 1 aromatic carbocycles. The highest BCUT2D eigenvalue weighted by molar-refractivity contribution is 7.98. The van der Waals surface area contributed by atoms with E-state index in [1.54, 1.807) is 18.3 Å². The van der Waals surface area contributed by atoms with Gasteiger partial charge in [0.25, 0.3) is 5.91 Å². The minimum atomic E-state index is -0.366. The van der Waals surface area contributed by atoms with Gasteiger partial charge in [-0.05, 0) is 30.0 Å². The number of amides is 1. The summed E-state index contributed by atoms with van der Waals surface area (Å²) in [7, 11) is 0. The summed E-state index contributed by atoms with van der Waals surface area (Å²) in [6, 6.07) is 12.9. The van der Waals surface area contributed by atoms with Gasteiger partial charge >= 0.3 is 0 Å². The molecule has 132 valence electrons. The Morgan fingerprint density at radius 1 is 1.23 bits per heavy atom. The zero-order valence-corrected chi connectivity index (χ0v) is 15.4. The van der Waals surface area contributed by atoms with E-state index >= 15 is 0 Å². The molecule has 0 atom stereocenters. The molecule has 0 radical (unpaired) electrons. The highest BCUT2D eigenvalue weighted by Gasteiger charge is 2.14. The number of nitrogens with one attached hydrogen (secondary N) is 1. The topological polar surface area (TPSA) is 77.0 Å². The molecule has 0 unspecified atom stereocenters. The monoisotopic (exact) mass is 386 g/mol. The van der Waals surface area contributed by atoms with Crippen molar-refractivity contribution in [1.82, 2.24) is 20.3 Å². The number of rotatable bonds is 6. The van der Waals surface area contributed by atoms with Crippen LogP contribution in [0.5, 0.6) is 11.6 Å². The number of nitrogens with zero attached hydrogens (tertiary/aromatic N) is 3. The van der Waals surface area contributed by atoms with E-state index in [2.05, 4.69) is 20.3 Å².